The quantitative estimate of drug-likeness (QED) is 0.714. The zero-order chi connectivity index (χ0) is 19.4. The molecule has 0 fully saturated rings. The van der Waals surface area contributed by atoms with Crippen LogP contribution >= 0.6 is 11.6 Å². The monoisotopic (exact) mass is 386 g/mol. The van der Waals surface area contributed by atoms with Gasteiger partial charge in [0.05, 0.1) is 0 Å². The van der Waals surface area contributed by atoms with Crippen molar-refractivity contribution in [2.75, 3.05) is 18.0 Å². The number of amides is 1. The maximum Gasteiger partial charge on any atom is 0.263 e. The first-order chi connectivity index (χ1) is 12.9. The Hall–Kier alpha value is -2.20. The highest BCUT2D eigenvalue weighted by Crippen LogP contribution is 2.31. The minimum Gasteiger partial charge on any atom is -0.478 e. The zero-order valence-corrected chi connectivity index (χ0v) is 16.9. The van der Waals surface area contributed by atoms with Crippen LogP contribution in [0.3, 0.4) is 0 Å². The maximum absolute atomic E-state index is 12.5. The molecule has 1 atom stereocenters. The highest BCUT2D eigenvalue weighted by molar-refractivity contribution is 6.30. The van der Waals surface area contributed by atoms with Gasteiger partial charge in [-0.05, 0) is 69.5 Å². The molecule has 0 aliphatic carbocycles. The van der Waals surface area contributed by atoms with E-state index in [0.29, 0.717) is 23.4 Å². The summed E-state index contributed by atoms with van der Waals surface area (Å²) < 4.78 is 5.83. The Morgan fingerprint density at radius 2 is 1.93 bits per heavy atom. The second-order valence-electron chi connectivity index (χ2n) is 7.55. The van der Waals surface area contributed by atoms with Gasteiger partial charge in [-0.15, -0.1) is 0 Å². The normalized spacial score (nSPS) is 16.1. The fraction of sp³-hybridized carbons (Fsp3) is 0.409. The Morgan fingerprint density at radius 1 is 1.22 bits per heavy atom. The molecular formula is C22H27ClN2O2. The second-order valence-corrected chi connectivity index (χ2v) is 7.99. The lowest BCUT2D eigenvalue weighted by atomic mass is 10.1. The predicted molar refractivity (Wildman–Crippen MR) is 111 cm³/mol. The highest BCUT2D eigenvalue weighted by atomic mass is 35.5. The molecule has 0 unspecified atom stereocenters. The summed E-state index contributed by atoms with van der Waals surface area (Å²) in [6.07, 6.45) is 1.98. The SMILES string of the molecule is C[C@H]1Cc2ccccc2N1CCCNC(=O)C(C)(C)Oc1ccc(Cl)cc1. The fourth-order valence-corrected chi connectivity index (χ4v) is 3.60. The van der Waals surface area contributed by atoms with Crippen LogP contribution in [0.5, 0.6) is 5.75 Å². The molecule has 1 aliphatic rings. The molecule has 1 aliphatic heterocycles. The molecule has 0 radical (unpaired) electrons. The Morgan fingerprint density at radius 3 is 2.67 bits per heavy atom. The standard InChI is InChI=1S/C22H27ClN2O2/c1-16-15-17-7-4-5-8-20(17)25(16)14-6-13-24-21(26)22(2,3)27-19-11-9-18(23)10-12-19/h4-5,7-12,16H,6,13-15H2,1-3H3,(H,24,26)/t16-/m0/s1. The number of ether oxygens (including phenoxy) is 1. The molecular weight excluding hydrogens is 360 g/mol. The average molecular weight is 387 g/mol. The van der Waals surface area contributed by atoms with E-state index >= 15 is 0 Å². The summed E-state index contributed by atoms with van der Waals surface area (Å²) in [7, 11) is 0. The third kappa shape index (κ3) is 4.75. The Balaban J connectivity index is 1.47. The van der Waals surface area contributed by atoms with Crippen LogP contribution in [-0.4, -0.2) is 30.6 Å². The van der Waals surface area contributed by atoms with Crippen molar-refractivity contribution in [3.05, 3.63) is 59.1 Å². The lowest BCUT2D eigenvalue weighted by Crippen LogP contribution is -2.47. The van der Waals surface area contributed by atoms with Crippen molar-refractivity contribution >= 4 is 23.2 Å². The molecule has 5 heteroatoms. The molecule has 3 rings (SSSR count). The molecule has 2 aromatic carbocycles. The van der Waals surface area contributed by atoms with Crippen LogP contribution in [0.15, 0.2) is 48.5 Å². The van der Waals surface area contributed by atoms with E-state index in [-0.39, 0.29) is 5.91 Å². The van der Waals surface area contributed by atoms with Gasteiger partial charge in [-0.25, -0.2) is 0 Å². The topological polar surface area (TPSA) is 41.6 Å². The number of nitrogens with zero attached hydrogens (tertiary/aromatic N) is 1. The minimum atomic E-state index is -0.943. The third-order valence-corrected chi connectivity index (χ3v) is 5.20. The highest BCUT2D eigenvalue weighted by Gasteiger charge is 2.30. The minimum absolute atomic E-state index is 0.118. The van der Waals surface area contributed by atoms with Gasteiger partial charge in [-0.2, -0.15) is 0 Å². The van der Waals surface area contributed by atoms with E-state index in [4.69, 9.17) is 16.3 Å². The third-order valence-electron chi connectivity index (χ3n) is 4.94. The van der Waals surface area contributed by atoms with Crippen molar-refractivity contribution in [1.82, 2.24) is 5.32 Å². The summed E-state index contributed by atoms with van der Waals surface area (Å²) in [5.74, 6) is 0.509. The van der Waals surface area contributed by atoms with Gasteiger partial charge < -0.3 is 15.0 Å². The van der Waals surface area contributed by atoms with E-state index in [1.807, 2.05) is 0 Å². The van der Waals surface area contributed by atoms with Crippen LogP contribution in [0.4, 0.5) is 5.69 Å². The maximum atomic E-state index is 12.5. The van der Waals surface area contributed by atoms with Gasteiger partial charge in [0.15, 0.2) is 5.60 Å². The summed E-state index contributed by atoms with van der Waals surface area (Å²) in [5, 5.41) is 3.64. The van der Waals surface area contributed by atoms with Crippen molar-refractivity contribution in [1.29, 1.82) is 0 Å². The summed E-state index contributed by atoms with van der Waals surface area (Å²) >= 11 is 5.89. The van der Waals surface area contributed by atoms with Gasteiger partial charge in [0.25, 0.3) is 5.91 Å². The van der Waals surface area contributed by atoms with Gasteiger partial charge in [-0.1, -0.05) is 29.8 Å². The summed E-state index contributed by atoms with van der Waals surface area (Å²) in [5.41, 5.74) is 1.79. The number of carbonyl (C=O) groups excluding carboxylic acids is 1. The van der Waals surface area contributed by atoms with E-state index < -0.39 is 5.60 Å². The van der Waals surface area contributed by atoms with E-state index in [0.717, 1.165) is 19.4 Å². The molecule has 0 saturated heterocycles. The van der Waals surface area contributed by atoms with Crippen LogP contribution in [0.1, 0.15) is 32.8 Å². The van der Waals surface area contributed by atoms with Crippen molar-refractivity contribution in [2.45, 2.75) is 45.3 Å². The number of nitrogens with one attached hydrogen (secondary N) is 1. The molecule has 144 valence electrons. The van der Waals surface area contributed by atoms with Gasteiger partial charge in [-0.3, -0.25) is 4.79 Å². The first-order valence-corrected chi connectivity index (χ1v) is 9.82. The number of fused-ring (bicyclic) bond motifs is 1. The number of rotatable bonds is 7. The lowest BCUT2D eigenvalue weighted by Gasteiger charge is -2.27. The first kappa shape index (κ1) is 19.6. The van der Waals surface area contributed by atoms with E-state index in [2.05, 4.69) is 41.4 Å². The molecule has 0 bridgehead atoms. The van der Waals surface area contributed by atoms with Crippen LogP contribution in [0.2, 0.25) is 5.02 Å². The molecule has 0 aromatic heterocycles. The summed E-state index contributed by atoms with van der Waals surface area (Å²) in [6.45, 7) is 7.35. The van der Waals surface area contributed by atoms with E-state index in [9.17, 15) is 4.79 Å². The van der Waals surface area contributed by atoms with Crippen LogP contribution in [0.25, 0.3) is 0 Å². The van der Waals surface area contributed by atoms with Crippen molar-refractivity contribution < 1.29 is 9.53 Å². The Kier molecular flexibility index (Phi) is 5.95. The fourth-order valence-electron chi connectivity index (χ4n) is 3.48. The number of hydrogen-bond acceptors (Lipinski definition) is 3. The summed E-state index contributed by atoms with van der Waals surface area (Å²) in [6, 6.07) is 16.1. The first-order valence-electron chi connectivity index (χ1n) is 9.44. The molecule has 1 amide bonds. The number of hydrogen-bond donors (Lipinski definition) is 1. The van der Waals surface area contributed by atoms with Gasteiger partial charge in [0.1, 0.15) is 5.75 Å². The van der Waals surface area contributed by atoms with Crippen molar-refractivity contribution in [2.24, 2.45) is 0 Å². The average Bonchev–Trinajstić information content (AvgIpc) is 2.95. The number of anilines is 1. The summed E-state index contributed by atoms with van der Waals surface area (Å²) in [4.78, 5) is 14.9. The molecule has 1 heterocycles. The molecule has 2 aromatic rings. The van der Waals surface area contributed by atoms with Gasteiger partial charge in [0, 0.05) is 29.8 Å². The Bertz CT molecular complexity index is 789. The zero-order valence-electron chi connectivity index (χ0n) is 16.2. The van der Waals surface area contributed by atoms with E-state index in [1.54, 1.807) is 38.1 Å². The number of para-hydroxylation sites is 1. The number of benzene rings is 2. The number of carbonyl (C=O) groups is 1. The van der Waals surface area contributed by atoms with Crippen molar-refractivity contribution in [3.8, 4) is 5.75 Å². The molecule has 0 spiro atoms. The largest absolute Gasteiger partial charge is 0.478 e. The van der Waals surface area contributed by atoms with Gasteiger partial charge >= 0.3 is 0 Å². The molecule has 0 saturated carbocycles. The van der Waals surface area contributed by atoms with Crippen molar-refractivity contribution in [3.63, 3.8) is 0 Å². The lowest BCUT2D eigenvalue weighted by molar-refractivity contribution is -0.134. The number of halogens is 1. The molecule has 27 heavy (non-hydrogen) atoms. The van der Waals surface area contributed by atoms with Crippen LogP contribution < -0.4 is 15.0 Å². The van der Waals surface area contributed by atoms with Crippen LogP contribution in [-0.2, 0) is 11.2 Å². The Labute approximate surface area is 166 Å². The molecule has 1 N–H and O–H groups in total. The predicted octanol–water partition coefficient (Wildman–Crippen LogP) is 4.45. The smallest absolute Gasteiger partial charge is 0.263 e. The van der Waals surface area contributed by atoms with Crippen LogP contribution in [0, 0.1) is 0 Å². The van der Waals surface area contributed by atoms with E-state index in [1.165, 1.54) is 11.3 Å². The van der Waals surface area contributed by atoms with Gasteiger partial charge in [0.2, 0.25) is 0 Å². The molecule has 4 nitrogen and oxygen atoms in total. The second kappa shape index (κ2) is 8.22.